The predicted octanol–water partition coefficient (Wildman–Crippen LogP) is 0.829. The smallest absolute Gasteiger partial charge is 0.234 e. The molecule has 5 heteroatoms. The van der Waals surface area contributed by atoms with Gasteiger partial charge in [0.2, 0.25) is 5.91 Å². The van der Waals surface area contributed by atoms with Gasteiger partial charge in [0.15, 0.2) is 5.78 Å². The van der Waals surface area contributed by atoms with Crippen LogP contribution in [-0.2, 0) is 14.3 Å². The van der Waals surface area contributed by atoms with Crippen molar-refractivity contribution in [3.8, 4) is 0 Å². The molecule has 0 spiro atoms. The molecule has 2 fully saturated rings. The number of hydrogen-bond donors (Lipinski definition) is 0. The first kappa shape index (κ1) is 12.2. The van der Waals surface area contributed by atoms with Crippen LogP contribution >= 0.6 is 0 Å². The van der Waals surface area contributed by atoms with Gasteiger partial charge < -0.3 is 14.5 Å². The number of ether oxygens (including phenoxy) is 1. The van der Waals surface area contributed by atoms with Gasteiger partial charge in [-0.05, 0) is 24.3 Å². The number of Topliss-reactive ketones (excluding diaryl/α,β-unsaturated/α-hetero) is 1. The van der Waals surface area contributed by atoms with Crippen molar-refractivity contribution in [2.45, 2.75) is 6.42 Å². The van der Waals surface area contributed by atoms with Crippen LogP contribution in [-0.4, -0.2) is 44.5 Å². The molecule has 0 atom stereocenters. The molecule has 100 valence electrons. The van der Waals surface area contributed by atoms with Crippen LogP contribution in [0.3, 0.4) is 0 Å². The van der Waals surface area contributed by atoms with Gasteiger partial charge in [0, 0.05) is 24.5 Å². The van der Waals surface area contributed by atoms with Gasteiger partial charge in [-0.3, -0.25) is 9.59 Å². The number of benzene rings is 1. The van der Waals surface area contributed by atoms with E-state index in [-0.39, 0.29) is 24.7 Å². The van der Waals surface area contributed by atoms with Crippen LogP contribution in [0, 0.1) is 0 Å². The second-order valence-electron chi connectivity index (χ2n) is 4.81. The van der Waals surface area contributed by atoms with Crippen molar-refractivity contribution in [2.75, 3.05) is 42.6 Å². The topological polar surface area (TPSA) is 49.9 Å². The number of amides is 1. The van der Waals surface area contributed by atoms with Crippen molar-refractivity contribution < 1.29 is 14.3 Å². The van der Waals surface area contributed by atoms with Gasteiger partial charge in [0.1, 0.15) is 0 Å². The van der Waals surface area contributed by atoms with Gasteiger partial charge in [-0.25, -0.2) is 0 Å². The largest absolute Gasteiger partial charge is 0.378 e. The average Bonchev–Trinajstić information content (AvgIpc) is 2.79. The maximum absolute atomic E-state index is 11.6. The van der Waals surface area contributed by atoms with E-state index in [2.05, 4.69) is 4.90 Å². The lowest BCUT2D eigenvalue weighted by molar-refractivity contribution is -0.121. The zero-order valence-electron chi connectivity index (χ0n) is 10.7. The molecule has 2 heterocycles. The Labute approximate surface area is 111 Å². The molecule has 2 aliphatic heterocycles. The number of nitrogens with zero attached hydrogens (tertiary/aromatic N) is 2. The first-order valence-electron chi connectivity index (χ1n) is 6.49. The summed E-state index contributed by atoms with van der Waals surface area (Å²) >= 11 is 0. The molecule has 0 aliphatic carbocycles. The summed E-state index contributed by atoms with van der Waals surface area (Å²) in [5.41, 5.74) is 1.93. The Morgan fingerprint density at radius 3 is 2.16 bits per heavy atom. The van der Waals surface area contributed by atoms with Gasteiger partial charge in [-0.1, -0.05) is 0 Å². The Kier molecular flexibility index (Phi) is 3.21. The van der Waals surface area contributed by atoms with Crippen LogP contribution in [0.4, 0.5) is 11.4 Å². The Balaban J connectivity index is 1.75. The highest BCUT2D eigenvalue weighted by molar-refractivity contribution is 6.15. The minimum Gasteiger partial charge on any atom is -0.378 e. The van der Waals surface area contributed by atoms with Gasteiger partial charge >= 0.3 is 0 Å². The lowest BCUT2D eigenvalue weighted by Crippen LogP contribution is -2.36. The number of carbonyl (C=O) groups excluding carboxylic acids is 2. The summed E-state index contributed by atoms with van der Waals surface area (Å²) in [6, 6.07) is 7.80. The first-order valence-corrected chi connectivity index (χ1v) is 6.49. The van der Waals surface area contributed by atoms with Crippen molar-refractivity contribution in [1.82, 2.24) is 0 Å². The van der Waals surface area contributed by atoms with Gasteiger partial charge in [-0.2, -0.15) is 0 Å². The summed E-state index contributed by atoms with van der Waals surface area (Å²) in [4.78, 5) is 26.7. The van der Waals surface area contributed by atoms with E-state index in [1.165, 1.54) is 0 Å². The molecular weight excluding hydrogens is 244 g/mol. The molecule has 0 radical (unpaired) electrons. The molecule has 1 amide bonds. The highest BCUT2D eigenvalue weighted by Crippen LogP contribution is 2.24. The molecule has 1 aromatic rings. The van der Waals surface area contributed by atoms with Gasteiger partial charge in [0.25, 0.3) is 0 Å². The third-order valence-electron chi connectivity index (χ3n) is 3.52. The molecule has 0 bridgehead atoms. The quantitative estimate of drug-likeness (QED) is 0.739. The molecule has 3 rings (SSSR count). The third-order valence-corrected chi connectivity index (χ3v) is 3.52. The van der Waals surface area contributed by atoms with E-state index in [0.29, 0.717) is 0 Å². The van der Waals surface area contributed by atoms with Crippen LogP contribution < -0.4 is 9.80 Å². The fourth-order valence-corrected chi connectivity index (χ4v) is 2.48. The van der Waals surface area contributed by atoms with E-state index in [0.717, 1.165) is 37.7 Å². The SMILES string of the molecule is O=C1CC(=O)N(c2ccc(N3CCOCC3)cc2)C1. The molecule has 0 saturated carbocycles. The molecule has 19 heavy (non-hydrogen) atoms. The Morgan fingerprint density at radius 2 is 1.58 bits per heavy atom. The summed E-state index contributed by atoms with van der Waals surface area (Å²) in [5, 5.41) is 0. The fourth-order valence-electron chi connectivity index (χ4n) is 2.48. The normalized spacial score (nSPS) is 20.2. The summed E-state index contributed by atoms with van der Waals surface area (Å²) in [6.07, 6.45) is 0.0330. The van der Waals surface area contributed by atoms with Crippen molar-refractivity contribution in [3.05, 3.63) is 24.3 Å². The molecule has 2 saturated heterocycles. The van der Waals surface area contributed by atoms with Crippen molar-refractivity contribution in [3.63, 3.8) is 0 Å². The number of rotatable bonds is 2. The average molecular weight is 260 g/mol. The van der Waals surface area contributed by atoms with Crippen LogP contribution in [0.5, 0.6) is 0 Å². The second kappa shape index (κ2) is 5.01. The van der Waals surface area contributed by atoms with E-state index in [9.17, 15) is 9.59 Å². The molecule has 5 nitrogen and oxygen atoms in total. The zero-order chi connectivity index (χ0) is 13.2. The summed E-state index contributed by atoms with van der Waals surface area (Å²) in [5.74, 6) is -0.119. The maximum atomic E-state index is 11.6. The van der Waals surface area contributed by atoms with E-state index in [1.54, 1.807) is 4.90 Å². The van der Waals surface area contributed by atoms with Gasteiger partial charge in [0.05, 0.1) is 26.2 Å². The molecule has 0 unspecified atom stereocenters. The van der Waals surface area contributed by atoms with E-state index >= 15 is 0 Å². The van der Waals surface area contributed by atoms with Crippen LogP contribution in [0.1, 0.15) is 6.42 Å². The second-order valence-corrected chi connectivity index (χ2v) is 4.81. The molecule has 0 N–H and O–H groups in total. The minimum absolute atomic E-state index is 0.0118. The van der Waals surface area contributed by atoms with Crippen LogP contribution in [0.2, 0.25) is 0 Å². The van der Waals surface area contributed by atoms with Crippen molar-refractivity contribution in [2.24, 2.45) is 0 Å². The number of anilines is 2. The van der Waals surface area contributed by atoms with E-state index < -0.39 is 0 Å². The number of carbonyl (C=O) groups is 2. The molecule has 0 aromatic heterocycles. The Morgan fingerprint density at radius 1 is 0.947 bits per heavy atom. The summed E-state index contributed by atoms with van der Waals surface area (Å²) < 4.78 is 5.32. The number of morpholine rings is 1. The molecule has 1 aromatic carbocycles. The first-order chi connectivity index (χ1) is 9.24. The van der Waals surface area contributed by atoms with E-state index in [4.69, 9.17) is 4.74 Å². The van der Waals surface area contributed by atoms with Crippen molar-refractivity contribution >= 4 is 23.1 Å². The standard InChI is InChI=1S/C14H16N2O3/c17-13-9-14(18)16(10-13)12-3-1-11(2-4-12)15-5-7-19-8-6-15/h1-4H,5-10H2. The third kappa shape index (κ3) is 2.46. The van der Waals surface area contributed by atoms with Crippen LogP contribution in [0.15, 0.2) is 24.3 Å². The Bertz CT molecular complexity index is 492. The highest BCUT2D eigenvalue weighted by Gasteiger charge is 2.28. The lowest BCUT2D eigenvalue weighted by Gasteiger charge is -2.29. The number of ketones is 1. The summed E-state index contributed by atoms with van der Waals surface area (Å²) in [6.45, 7) is 3.48. The summed E-state index contributed by atoms with van der Waals surface area (Å²) in [7, 11) is 0. The predicted molar refractivity (Wildman–Crippen MR) is 71.5 cm³/mol. The zero-order valence-corrected chi connectivity index (χ0v) is 10.7. The monoisotopic (exact) mass is 260 g/mol. The van der Waals surface area contributed by atoms with Crippen LogP contribution in [0.25, 0.3) is 0 Å². The highest BCUT2D eigenvalue weighted by atomic mass is 16.5. The lowest BCUT2D eigenvalue weighted by atomic mass is 10.2. The Hall–Kier alpha value is -1.88. The minimum atomic E-state index is -0.107. The maximum Gasteiger partial charge on any atom is 0.234 e. The number of hydrogen-bond acceptors (Lipinski definition) is 4. The fraction of sp³-hybridized carbons (Fsp3) is 0.429. The molecule has 2 aliphatic rings. The van der Waals surface area contributed by atoms with Crippen molar-refractivity contribution in [1.29, 1.82) is 0 Å². The van der Waals surface area contributed by atoms with E-state index in [1.807, 2.05) is 24.3 Å². The molecular formula is C14H16N2O3. The van der Waals surface area contributed by atoms with Gasteiger partial charge in [-0.15, -0.1) is 0 Å².